The molecule has 2 aromatic rings. The fraction of sp³-hybridized carbons (Fsp3) is 0.444. The molecule has 1 saturated heterocycles. The number of aliphatic hydroxyl groups is 1. The Morgan fingerprint density at radius 1 is 1.27 bits per heavy atom. The molecule has 2 heterocycles. The molecule has 0 radical (unpaired) electrons. The van der Waals surface area contributed by atoms with Crippen molar-refractivity contribution in [2.45, 2.75) is 38.1 Å². The minimum absolute atomic E-state index is 0.201. The van der Waals surface area contributed by atoms with Crippen LogP contribution in [0.15, 0.2) is 47.8 Å². The standard InChI is InChI=1S/C18H24N2OS/c1-14(18-8-5-9-22-18)19-11-16-10-17(21)13-20(16)12-15-6-3-2-4-7-15/h2-9,14,16-17,19,21H,10-13H2,1H3. The molecule has 4 heteroatoms. The van der Waals surface area contributed by atoms with E-state index in [2.05, 4.69) is 58.9 Å². The van der Waals surface area contributed by atoms with Gasteiger partial charge in [0.2, 0.25) is 0 Å². The summed E-state index contributed by atoms with van der Waals surface area (Å²) in [7, 11) is 0. The van der Waals surface area contributed by atoms with E-state index in [4.69, 9.17) is 0 Å². The van der Waals surface area contributed by atoms with Crippen molar-refractivity contribution in [1.29, 1.82) is 0 Å². The van der Waals surface area contributed by atoms with Gasteiger partial charge in [-0.05, 0) is 30.4 Å². The lowest BCUT2D eigenvalue weighted by Gasteiger charge is -2.26. The number of β-amino-alcohol motifs (C(OH)–C–C–N with tert-alkyl or cyclic N) is 1. The van der Waals surface area contributed by atoms with Crippen LogP contribution in [0, 0.1) is 0 Å². The molecule has 1 fully saturated rings. The van der Waals surface area contributed by atoms with E-state index in [-0.39, 0.29) is 6.10 Å². The second-order valence-corrected chi connectivity index (χ2v) is 7.08. The smallest absolute Gasteiger partial charge is 0.0682 e. The average Bonchev–Trinajstić information content (AvgIpc) is 3.16. The zero-order chi connectivity index (χ0) is 15.4. The van der Waals surface area contributed by atoms with E-state index in [1.54, 1.807) is 11.3 Å². The van der Waals surface area contributed by atoms with Crippen LogP contribution < -0.4 is 5.32 Å². The van der Waals surface area contributed by atoms with E-state index in [1.165, 1.54) is 10.4 Å². The third-order valence-electron chi connectivity index (χ3n) is 4.36. The normalized spacial score (nSPS) is 23.7. The molecule has 1 aromatic carbocycles. The predicted octanol–water partition coefficient (Wildman–Crippen LogP) is 3.03. The molecule has 3 unspecified atom stereocenters. The number of nitrogens with one attached hydrogen (secondary N) is 1. The van der Waals surface area contributed by atoms with Crippen molar-refractivity contribution in [3.63, 3.8) is 0 Å². The van der Waals surface area contributed by atoms with Crippen LogP contribution in [0.4, 0.5) is 0 Å². The molecule has 0 saturated carbocycles. The van der Waals surface area contributed by atoms with E-state index in [1.807, 2.05) is 6.07 Å². The average molecular weight is 316 g/mol. The maximum atomic E-state index is 10.0. The Hall–Kier alpha value is -1.20. The Morgan fingerprint density at radius 2 is 2.09 bits per heavy atom. The van der Waals surface area contributed by atoms with Crippen LogP contribution in [-0.2, 0) is 6.54 Å². The molecule has 0 spiro atoms. The summed E-state index contributed by atoms with van der Waals surface area (Å²) in [5.74, 6) is 0. The highest BCUT2D eigenvalue weighted by Gasteiger charge is 2.30. The van der Waals surface area contributed by atoms with Crippen LogP contribution in [-0.4, -0.2) is 35.2 Å². The highest BCUT2D eigenvalue weighted by molar-refractivity contribution is 7.10. The highest BCUT2D eigenvalue weighted by Crippen LogP contribution is 2.22. The summed E-state index contributed by atoms with van der Waals surface area (Å²) in [5, 5.41) is 15.8. The Bertz CT molecular complexity index is 558. The first-order chi connectivity index (χ1) is 10.7. The lowest BCUT2D eigenvalue weighted by molar-refractivity contribution is 0.172. The quantitative estimate of drug-likeness (QED) is 0.860. The van der Waals surface area contributed by atoms with E-state index in [0.717, 1.165) is 26.1 Å². The zero-order valence-electron chi connectivity index (χ0n) is 13.0. The minimum atomic E-state index is -0.201. The van der Waals surface area contributed by atoms with Gasteiger partial charge in [0.1, 0.15) is 0 Å². The summed E-state index contributed by atoms with van der Waals surface area (Å²) in [6, 6.07) is 15.6. The molecule has 0 amide bonds. The first-order valence-corrected chi connectivity index (χ1v) is 8.83. The maximum Gasteiger partial charge on any atom is 0.0682 e. The van der Waals surface area contributed by atoms with Gasteiger partial charge in [0.25, 0.3) is 0 Å². The number of rotatable bonds is 6. The number of thiophene rings is 1. The zero-order valence-corrected chi connectivity index (χ0v) is 13.8. The van der Waals surface area contributed by atoms with E-state index in [9.17, 15) is 5.11 Å². The minimum Gasteiger partial charge on any atom is -0.392 e. The van der Waals surface area contributed by atoms with Crippen molar-refractivity contribution in [1.82, 2.24) is 10.2 Å². The fourth-order valence-electron chi connectivity index (χ4n) is 3.13. The van der Waals surface area contributed by atoms with Crippen LogP contribution in [0.1, 0.15) is 29.8 Å². The molecule has 22 heavy (non-hydrogen) atoms. The Labute approximate surface area is 136 Å². The van der Waals surface area contributed by atoms with Crippen molar-refractivity contribution < 1.29 is 5.11 Å². The molecular weight excluding hydrogens is 292 g/mol. The number of hydrogen-bond donors (Lipinski definition) is 2. The van der Waals surface area contributed by atoms with E-state index >= 15 is 0 Å². The van der Waals surface area contributed by atoms with Gasteiger partial charge in [-0.25, -0.2) is 0 Å². The monoisotopic (exact) mass is 316 g/mol. The molecule has 1 aromatic heterocycles. The number of benzene rings is 1. The largest absolute Gasteiger partial charge is 0.392 e. The van der Waals surface area contributed by atoms with Gasteiger partial charge in [-0.2, -0.15) is 0 Å². The number of aliphatic hydroxyl groups excluding tert-OH is 1. The SMILES string of the molecule is CC(NCC1CC(O)CN1Cc1ccccc1)c1cccs1. The fourth-order valence-corrected chi connectivity index (χ4v) is 3.89. The second-order valence-electron chi connectivity index (χ2n) is 6.10. The lowest BCUT2D eigenvalue weighted by Crippen LogP contribution is -2.38. The van der Waals surface area contributed by atoms with Gasteiger partial charge in [0.15, 0.2) is 0 Å². The van der Waals surface area contributed by atoms with Gasteiger partial charge in [0, 0.05) is 36.6 Å². The Kier molecular flexibility index (Phi) is 5.26. The van der Waals surface area contributed by atoms with Gasteiger partial charge in [-0.15, -0.1) is 11.3 Å². The van der Waals surface area contributed by atoms with Crippen LogP contribution in [0.5, 0.6) is 0 Å². The summed E-state index contributed by atoms with van der Waals surface area (Å²) in [6.07, 6.45) is 0.657. The Balaban J connectivity index is 1.56. The first-order valence-electron chi connectivity index (χ1n) is 7.95. The molecule has 3 rings (SSSR count). The highest BCUT2D eigenvalue weighted by atomic mass is 32.1. The van der Waals surface area contributed by atoms with Crippen LogP contribution in [0.2, 0.25) is 0 Å². The van der Waals surface area contributed by atoms with Crippen molar-refractivity contribution in [3.05, 3.63) is 58.3 Å². The molecule has 3 atom stereocenters. The molecule has 118 valence electrons. The van der Waals surface area contributed by atoms with Crippen molar-refractivity contribution >= 4 is 11.3 Å². The summed E-state index contributed by atoms with van der Waals surface area (Å²) in [6.45, 7) is 4.81. The third-order valence-corrected chi connectivity index (χ3v) is 5.42. The maximum absolute atomic E-state index is 10.0. The van der Waals surface area contributed by atoms with Crippen LogP contribution in [0.25, 0.3) is 0 Å². The van der Waals surface area contributed by atoms with Gasteiger partial charge < -0.3 is 10.4 Å². The lowest BCUT2D eigenvalue weighted by atomic mass is 10.1. The predicted molar refractivity (Wildman–Crippen MR) is 92.0 cm³/mol. The van der Waals surface area contributed by atoms with E-state index < -0.39 is 0 Å². The summed E-state index contributed by atoms with van der Waals surface area (Å²) >= 11 is 1.79. The summed E-state index contributed by atoms with van der Waals surface area (Å²) in [4.78, 5) is 3.77. The second kappa shape index (κ2) is 7.38. The topological polar surface area (TPSA) is 35.5 Å². The van der Waals surface area contributed by atoms with Crippen LogP contribution in [0.3, 0.4) is 0 Å². The molecule has 2 N–H and O–H groups in total. The Morgan fingerprint density at radius 3 is 2.82 bits per heavy atom. The number of likely N-dealkylation sites (tertiary alicyclic amines) is 1. The molecule has 0 aliphatic carbocycles. The van der Waals surface area contributed by atoms with Gasteiger partial charge in [0.05, 0.1) is 6.10 Å². The van der Waals surface area contributed by atoms with Gasteiger partial charge in [-0.3, -0.25) is 4.90 Å². The molecule has 1 aliphatic heterocycles. The molecule has 0 bridgehead atoms. The van der Waals surface area contributed by atoms with Crippen molar-refractivity contribution in [3.8, 4) is 0 Å². The van der Waals surface area contributed by atoms with E-state index in [0.29, 0.717) is 12.1 Å². The third kappa shape index (κ3) is 3.96. The van der Waals surface area contributed by atoms with Crippen LogP contribution >= 0.6 is 11.3 Å². The number of hydrogen-bond acceptors (Lipinski definition) is 4. The van der Waals surface area contributed by atoms with Crippen molar-refractivity contribution in [2.75, 3.05) is 13.1 Å². The summed E-state index contributed by atoms with van der Waals surface area (Å²) in [5.41, 5.74) is 1.31. The first kappa shape index (κ1) is 15.7. The van der Waals surface area contributed by atoms with Gasteiger partial charge in [-0.1, -0.05) is 36.4 Å². The molecular formula is C18H24N2OS. The molecule has 1 aliphatic rings. The van der Waals surface area contributed by atoms with Crippen molar-refractivity contribution in [2.24, 2.45) is 0 Å². The van der Waals surface area contributed by atoms with Gasteiger partial charge >= 0.3 is 0 Å². The summed E-state index contributed by atoms with van der Waals surface area (Å²) < 4.78 is 0. The molecule has 3 nitrogen and oxygen atoms in total. The number of nitrogens with zero attached hydrogens (tertiary/aromatic N) is 1.